The van der Waals surface area contributed by atoms with Crippen molar-refractivity contribution in [3.05, 3.63) is 12.4 Å². The molecule has 0 saturated carbocycles. The molecule has 0 amide bonds. The van der Waals surface area contributed by atoms with E-state index in [4.69, 9.17) is 4.74 Å². The molecule has 0 radical (unpaired) electrons. The highest BCUT2D eigenvalue weighted by atomic mass is 16.5. The molecule has 4 heteroatoms. The lowest BCUT2D eigenvalue weighted by Crippen LogP contribution is -2.17. The van der Waals surface area contributed by atoms with Crippen molar-refractivity contribution in [2.75, 3.05) is 18.5 Å². The molecular weight excluding hydrogens is 202 g/mol. The number of hydrogen-bond donors (Lipinski definition) is 1. The predicted octanol–water partition coefficient (Wildman–Crippen LogP) is 2.27. The van der Waals surface area contributed by atoms with Gasteiger partial charge in [0.05, 0.1) is 12.6 Å². The van der Waals surface area contributed by atoms with Crippen LogP contribution in [0.3, 0.4) is 0 Å². The van der Waals surface area contributed by atoms with E-state index in [1.807, 2.05) is 12.4 Å². The Morgan fingerprint density at radius 2 is 2.56 bits per heavy atom. The molecule has 0 bridgehead atoms. The maximum absolute atomic E-state index is 5.63. The number of anilines is 1. The van der Waals surface area contributed by atoms with Gasteiger partial charge >= 0.3 is 0 Å². The molecule has 1 fully saturated rings. The Bertz CT molecular complexity index is 305. The molecule has 16 heavy (non-hydrogen) atoms. The summed E-state index contributed by atoms with van der Waals surface area (Å²) in [5, 5.41) is 3.36. The lowest BCUT2D eigenvalue weighted by atomic mass is 10.2. The van der Waals surface area contributed by atoms with Crippen molar-refractivity contribution in [3.8, 4) is 0 Å². The van der Waals surface area contributed by atoms with Gasteiger partial charge in [0.25, 0.3) is 0 Å². The Hall–Kier alpha value is -1.03. The maximum Gasteiger partial charge on any atom is 0.202 e. The van der Waals surface area contributed by atoms with Crippen molar-refractivity contribution in [2.45, 2.75) is 45.3 Å². The topological polar surface area (TPSA) is 39.1 Å². The van der Waals surface area contributed by atoms with Crippen LogP contribution < -0.4 is 5.32 Å². The van der Waals surface area contributed by atoms with Crippen LogP contribution in [0.5, 0.6) is 0 Å². The standard InChI is InChI=1S/C12H21N3O/c1-2-3-6-13-12-14-7-8-15(12)10-11-5-4-9-16-11/h7-8,11H,2-6,9-10H2,1H3,(H,13,14). The molecule has 2 rings (SSSR count). The first-order valence-corrected chi connectivity index (χ1v) is 6.26. The third-order valence-corrected chi connectivity index (χ3v) is 2.95. The molecule has 1 unspecified atom stereocenters. The van der Waals surface area contributed by atoms with E-state index < -0.39 is 0 Å². The van der Waals surface area contributed by atoms with E-state index in [1.54, 1.807) is 0 Å². The van der Waals surface area contributed by atoms with Gasteiger partial charge in [-0.1, -0.05) is 13.3 Å². The molecule has 1 atom stereocenters. The summed E-state index contributed by atoms with van der Waals surface area (Å²) in [6.07, 6.45) is 9.01. The fourth-order valence-corrected chi connectivity index (χ4v) is 2.01. The Kier molecular flexibility index (Phi) is 4.22. The van der Waals surface area contributed by atoms with Gasteiger partial charge in [0.15, 0.2) is 0 Å². The van der Waals surface area contributed by atoms with Crippen molar-refractivity contribution < 1.29 is 4.74 Å². The van der Waals surface area contributed by atoms with Crippen LogP contribution in [0.15, 0.2) is 12.4 Å². The van der Waals surface area contributed by atoms with E-state index in [2.05, 4.69) is 21.8 Å². The van der Waals surface area contributed by atoms with Gasteiger partial charge in [0.1, 0.15) is 0 Å². The van der Waals surface area contributed by atoms with E-state index in [9.17, 15) is 0 Å². The first-order valence-electron chi connectivity index (χ1n) is 6.26. The van der Waals surface area contributed by atoms with Gasteiger partial charge in [-0.25, -0.2) is 4.98 Å². The molecule has 1 N–H and O–H groups in total. The second-order valence-corrected chi connectivity index (χ2v) is 4.32. The van der Waals surface area contributed by atoms with E-state index >= 15 is 0 Å². The van der Waals surface area contributed by atoms with Crippen LogP contribution in [0.1, 0.15) is 32.6 Å². The average Bonchev–Trinajstić information content (AvgIpc) is 2.92. The molecule has 1 aliphatic heterocycles. The molecule has 0 aromatic carbocycles. The quantitative estimate of drug-likeness (QED) is 0.752. The van der Waals surface area contributed by atoms with Crippen LogP contribution in [-0.2, 0) is 11.3 Å². The van der Waals surface area contributed by atoms with Crippen LogP contribution in [0.2, 0.25) is 0 Å². The monoisotopic (exact) mass is 223 g/mol. The van der Waals surface area contributed by atoms with Gasteiger partial charge in [-0.3, -0.25) is 0 Å². The van der Waals surface area contributed by atoms with Crippen molar-refractivity contribution in [3.63, 3.8) is 0 Å². The van der Waals surface area contributed by atoms with Gasteiger partial charge in [-0.15, -0.1) is 0 Å². The maximum atomic E-state index is 5.63. The number of aromatic nitrogens is 2. The van der Waals surface area contributed by atoms with E-state index in [1.165, 1.54) is 25.7 Å². The Balaban J connectivity index is 1.85. The van der Waals surface area contributed by atoms with Gasteiger partial charge in [-0.05, 0) is 19.3 Å². The molecule has 1 aliphatic rings. The molecule has 1 aromatic rings. The molecule has 1 aromatic heterocycles. The predicted molar refractivity (Wildman–Crippen MR) is 64.6 cm³/mol. The first-order chi connectivity index (χ1) is 7.90. The van der Waals surface area contributed by atoms with Crippen LogP contribution in [0.4, 0.5) is 5.95 Å². The average molecular weight is 223 g/mol. The van der Waals surface area contributed by atoms with Crippen molar-refractivity contribution in [2.24, 2.45) is 0 Å². The molecule has 0 aliphatic carbocycles. The molecular formula is C12H21N3O. The number of nitrogens with zero attached hydrogens (tertiary/aromatic N) is 2. The molecule has 1 saturated heterocycles. The Morgan fingerprint density at radius 1 is 1.62 bits per heavy atom. The Labute approximate surface area is 97.0 Å². The van der Waals surface area contributed by atoms with Gasteiger partial charge in [0, 0.05) is 25.5 Å². The third kappa shape index (κ3) is 2.98. The molecule has 2 heterocycles. The minimum Gasteiger partial charge on any atom is -0.376 e. The smallest absolute Gasteiger partial charge is 0.202 e. The minimum absolute atomic E-state index is 0.376. The number of imidazole rings is 1. The second kappa shape index (κ2) is 5.89. The number of hydrogen-bond acceptors (Lipinski definition) is 3. The first kappa shape index (κ1) is 11.5. The van der Waals surface area contributed by atoms with Crippen LogP contribution >= 0.6 is 0 Å². The highest BCUT2D eigenvalue weighted by Gasteiger charge is 2.16. The summed E-state index contributed by atoms with van der Waals surface area (Å²) >= 11 is 0. The van der Waals surface area contributed by atoms with E-state index in [-0.39, 0.29) is 0 Å². The van der Waals surface area contributed by atoms with Crippen molar-refractivity contribution >= 4 is 5.95 Å². The summed E-state index contributed by atoms with van der Waals surface area (Å²) in [5.41, 5.74) is 0. The largest absolute Gasteiger partial charge is 0.376 e. The number of rotatable bonds is 6. The van der Waals surface area contributed by atoms with Crippen molar-refractivity contribution in [1.29, 1.82) is 0 Å². The SMILES string of the molecule is CCCCNc1nccn1CC1CCCO1. The van der Waals surface area contributed by atoms with Crippen LogP contribution in [0, 0.1) is 0 Å². The lowest BCUT2D eigenvalue weighted by Gasteiger charge is -2.13. The minimum atomic E-state index is 0.376. The van der Waals surface area contributed by atoms with Gasteiger partial charge in [0.2, 0.25) is 5.95 Å². The summed E-state index contributed by atoms with van der Waals surface area (Å²) in [6, 6.07) is 0. The fraction of sp³-hybridized carbons (Fsp3) is 0.750. The molecule has 90 valence electrons. The normalized spacial score (nSPS) is 20.2. The fourth-order valence-electron chi connectivity index (χ4n) is 2.01. The summed E-state index contributed by atoms with van der Waals surface area (Å²) in [5.74, 6) is 0.976. The number of nitrogens with one attached hydrogen (secondary N) is 1. The third-order valence-electron chi connectivity index (χ3n) is 2.95. The highest BCUT2D eigenvalue weighted by molar-refractivity contribution is 5.25. The highest BCUT2D eigenvalue weighted by Crippen LogP contribution is 2.16. The van der Waals surface area contributed by atoms with Crippen LogP contribution in [0.25, 0.3) is 0 Å². The Morgan fingerprint density at radius 3 is 3.31 bits per heavy atom. The zero-order chi connectivity index (χ0) is 11.2. The van der Waals surface area contributed by atoms with Gasteiger partial charge in [-0.2, -0.15) is 0 Å². The van der Waals surface area contributed by atoms with E-state index in [0.29, 0.717) is 6.10 Å². The summed E-state index contributed by atoms with van der Waals surface area (Å²) in [7, 11) is 0. The number of ether oxygens (including phenoxy) is 1. The lowest BCUT2D eigenvalue weighted by molar-refractivity contribution is 0.0974. The summed E-state index contributed by atoms with van der Waals surface area (Å²) in [6.45, 7) is 5.03. The zero-order valence-electron chi connectivity index (χ0n) is 9.98. The van der Waals surface area contributed by atoms with Crippen LogP contribution in [-0.4, -0.2) is 28.8 Å². The van der Waals surface area contributed by atoms with Crippen molar-refractivity contribution in [1.82, 2.24) is 9.55 Å². The van der Waals surface area contributed by atoms with Gasteiger partial charge < -0.3 is 14.6 Å². The molecule has 4 nitrogen and oxygen atoms in total. The zero-order valence-corrected chi connectivity index (χ0v) is 9.98. The number of unbranched alkanes of at least 4 members (excludes halogenated alkanes) is 1. The second-order valence-electron chi connectivity index (χ2n) is 4.32. The summed E-state index contributed by atoms with van der Waals surface area (Å²) in [4.78, 5) is 4.33. The molecule has 0 spiro atoms. The summed E-state index contributed by atoms with van der Waals surface area (Å²) < 4.78 is 7.79. The van der Waals surface area contributed by atoms with E-state index in [0.717, 1.165) is 25.6 Å².